The number of rotatable bonds is 4. The van der Waals surface area contributed by atoms with Crippen LogP contribution >= 0.6 is 0 Å². The molecule has 0 bridgehead atoms. The Morgan fingerprint density at radius 1 is 1.45 bits per heavy atom. The average Bonchev–Trinajstić information content (AvgIpc) is 3.10. The van der Waals surface area contributed by atoms with Crippen LogP contribution in [-0.2, 0) is 4.79 Å². The Bertz CT molecular complexity index is 602. The van der Waals surface area contributed by atoms with Gasteiger partial charge in [0.15, 0.2) is 6.10 Å². The van der Waals surface area contributed by atoms with Crippen LogP contribution < -0.4 is 4.74 Å². The van der Waals surface area contributed by atoms with Crippen molar-refractivity contribution in [3.05, 3.63) is 37.2 Å². The highest BCUT2D eigenvalue weighted by atomic mass is 16.5. The summed E-state index contributed by atoms with van der Waals surface area (Å²) in [5, 5.41) is 4.17. The number of aromatic nitrogens is 4. The van der Waals surface area contributed by atoms with Gasteiger partial charge in [-0.3, -0.25) is 9.78 Å². The molecule has 1 amide bonds. The van der Waals surface area contributed by atoms with Crippen molar-refractivity contribution in [2.75, 3.05) is 13.1 Å². The highest BCUT2D eigenvalue weighted by Gasteiger charge is 2.28. The molecule has 3 rings (SSSR count). The van der Waals surface area contributed by atoms with Gasteiger partial charge < -0.3 is 9.64 Å². The van der Waals surface area contributed by atoms with E-state index in [9.17, 15) is 4.79 Å². The summed E-state index contributed by atoms with van der Waals surface area (Å²) in [5.74, 6) is 0.599. The maximum absolute atomic E-state index is 12.6. The van der Waals surface area contributed by atoms with E-state index in [2.05, 4.69) is 15.1 Å². The summed E-state index contributed by atoms with van der Waals surface area (Å²) in [5.41, 5.74) is 0. The van der Waals surface area contributed by atoms with E-state index in [0.717, 1.165) is 19.4 Å². The van der Waals surface area contributed by atoms with E-state index in [0.29, 0.717) is 12.3 Å². The van der Waals surface area contributed by atoms with Crippen molar-refractivity contribution in [2.45, 2.75) is 31.9 Å². The van der Waals surface area contributed by atoms with Crippen molar-refractivity contribution in [3.8, 4) is 5.75 Å². The normalized spacial score (nSPS) is 19.7. The lowest BCUT2D eigenvalue weighted by atomic mass is 10.1. The van der Waals surface area contributed by atoms with Crippen LogP contribution in [0.15, 0.2) is 37.2 Å². The fraction of sp³-hybridized carbons (Fsp3) is 0.467. The fourth-order valence-electron chi connectivity index (χ4n) is 2.71. The van der Waals surface area contributed by atoms with Crippen LogP contribution in [0.3, 0.4) is 0 Å². The first-order valence-corrected chi connectivity index (χ1v) is 7.43. The standard InChI is InChI=1S/C15H19N5O2/c1-12(22-14-5-2-6-16-8-14)15(21)19-7-3-4-13(9-19)20-11-17-10-18-20/h2,5-6,8,10-13H,3-4,7,9H2,1H3/t12-,13-/m1/s1. The van der Waals surface area contributed by atoms with Crippen LogP contribution in [0.1, 0.15) is 25.8 Å². The largest absolute Gasteiger partial charge is 0.479 e. The number of carbonyl (C=O) groups is 1. The number of amides is 1. The molecule has 1 aliphatic heterocycles. The fourth-order valence-corrected chi connectivity index (χ4v) is 2.71. The number of piperidine rings is 1. The van der Waals surface area contributed by atoms with Gasteiger partial charge in [0.25, 0.3) is 5.91 Å². The third kappa shape index (κ3) is 3.24. The molecule has 2 atom stereocenters. The van der Waals surface area contributed by atoms with Crippen LogP contribution in [0, 0.1) is 0 Å². The number of nitrogens with zero attached hydrogens (tertiary/aromatic N) is 5. The molecule has 7 heteroatoms. The average molecular weight is 301 g/mol. The monoisotopic (exact) mass is 301 g/mol. The molecule has 0 spiro atoms. The minimum absolute atomic E-state index is 0.00586. The highest BCUT2D eigenvalue weighted by Crippen LogP contribution is 2.21. The molecule has 1 aliphatic rings. The van der Waals surface area contributed by atoms with Crippen molar-refractivity contribution in [3.63, 3.8) is 0 Å². The van der Waals surface area contributed by atoms with Gasteiger partial charge in [0, 0.05) is 19.3 Å². The van der Waals surface area contributed by atoms with E-state index < -0.39 is 6.10 Å². The molecule has 0 aliphatic carbocycles. The second kappa shape index (κ2) is 6.55. The molecule has 7 nitrogen and oxygen atoms in total. The Balaban J connectivity index is 1.61. The maximum atomic E-state index is 12.6. The van der Waals surface area contributed by atoms with Crippen molar-refractivity contribution in [1.82, 2.24) is 24.6 Å². The maximum Gasteiger partial charge on any atom is 0.263 e. The Hall–Kier alpha value is -2.44. The summed E-state index contributed by atoms with van der Waals surface area (Å²) in [6.45, 7) is 3.17. The zero-order chi connectivity index (χ0) is 15.4. The zero-order valence-electron chi connectivity index (χ0n) is 12.5. The molecule has 2 aromatic heterocycles. The van der Waals surface area contributed by atoms with Crippen LogP contribution in [-0.4, -0.2) is 49.7 Å². The van der Waals surface area contributed by atoms with E-state index in [-0.39, 0.29) is 11.9 Å². The Kier molecular flexibility index (Phi) is 4.32. The number of pyridine rings is 1. The second-order valence-corrected chi connectivity index (χ2v) is 5.40. The van der Waals surface area contributed by atoms with Gasteiger partial charge in [-0.25, -0.2) is 9.67 Å². The SMILES string of the molecule is C[C@@H](Oc1cccnc1)C(=O)N1CCC[C@@H](n2cncn2)C1. The molecule has 0 aromatic carbocycles. The number of carbonyl (C=O) groups excluding carboxylic acids is 1. The van der Waals surface area contributed by atoms with E-state index in [1.54, 1.807) is 37.8 Å². The topological polar surface area (TPSA) is 73.1 Å². The number of likely N-dealkylation sites (tertiary alicyclic amines) is 1. The van der Waals surface area contributed by atoms with Gasteiger partial charge in [-0.15, -0.1) is 0 Å². The van der Waals surface area contributed by atoms with Crippen LogP contribution in [0.4, 0.5) is 0 Å². The van der Waals surface area contributed by atoms with Crippen molar-refractivity contribution in [2.24, 2.45) is 0 Å². The lowest BCUT2D eigenvalue weighted by Gasteiger charge is -2.34. The summed E-state index contributed by atoms with van der Waals surface area (Å²) in [6.07, 6.45) is 7.94. The zero-order valence-corrected chi connectivity index (χ0v) is 12.5. The third-order valence-corrected chi connectivity index (χ3v) is 3.81. The summed E-state index contributed by atoms with van der Waals surface area (Å²) >= 11 is 0. The second-order valence-electron chi connectivity index (χ2n) is 5.40. The van der Waals surface area contributed by atoms with Crippen LogP contribution in [0.25, 0.3) is 0 Å². The molecule has 2 aromatic rings. The Morgan fingerprint density at radius 2 is 2.36 bits per heavy atom. The first-order valence-electron chi connectivity index (χ1n) is 7.43. The predicted molar refractivity (Wildman–Crippen MR) is 79.2 cm³/mol. The van der Waals surface area contributed by atoms with Gasteiger partial charge in [-0.2, -0.15) is 5.10 Å². The van der Waals surface area contributed by atoms with Gasteiger partial charge in [0.05, 0.1) is 12.2 Å². The van der Waals surface area contributed by atoms with E-state index in [1.807, 2.05) is 9.58 Å². The highest BCUT2D eigenvalue weighted by molar-refractivity contribution is 5.81. The van der Waals surface area contributed by atoms with Gasteiger partial charge >= 0.3 is 0 Å². The van der Waals surface area contributed by atoms with Crippen molar-refractivity contribution < 1.29 is 9.53 Å². The molecule has 0 radical (unpaired) electrons. The smallest absolute Gasteiger partial charge is 0.263 e. The molecule has 0 unspecified atom stereocenters. The minimum atomic E-state index is -0.529. The van der Waals surface area contributed by atoms with E-state index in [1.165, 1.54) is 6.33 Å². The molecule has 1 fully saturated rings. The van der Waals surface area contributed by atoms with Crippen molar-refractivity contribution >= 4 is 5.91 Å². The molecular weight excluding hydrogens is 282 g/mol. The first-order chi connectivity index (χ1) is 10.7. The number of hydrogen-bond acceptors (Lipinski definition) is 5. The molecule has 0 N–H and O–H groups in total. The van der Waals surface area contributed by atoms with Gasteiger partial charge in [0.2, 0.25) is 0 Å². The van der Waals surface area contributed by atoms with Gasteiger partial charge in [0.1, 0.15) is 18.4 Å². The lowest BCUT2D eigenvalue weighted by molar-refractivity contribution is -0.139. The number of ether oxygens (including phenoxy) is 1. The van der Waals surface area contributed by atoms with Crippen LogP contribution in [0.5, 0.6) is 5.75 Å². The molecular formula is C15H19N5O2. The van der Waals surface area contributed by atoms with E-state index >= 15 is 0 Å². The van der Waals surface area contributed by atoms with Crippen molar-refractivity contribution in [1.29, 1.82) is 0 Å². The lowest BCUT2D eigenvalue weighted by Crippen LogP contribution is -2.46. The Morgan fingerprint density at radius 3 is 3.09 bits per heavy atom. The summed E-state index contributed by atoms with van der Waals surface area (Å²) in [4.78, 5) is 22.4. The molecule has 116 valence electrons. The predicted octanol–water partition coefficient (Wildman–Crippen LogP) is 1.30. The molecule has 0 saturated carbocycles. The molecule has 3 heterocycles. The summed E-state index contributed by atoms with van der Waals surface area (Å²) < 4.78 is 7.49. The minimum Gasteiger partial charge on any atom is -0.479 e. The summed E-state index contributed by atoms with van der Waals surface area (Å²) in [7, 11) is 0. The molecule has 22 heavy (non-hydrogen) atoms. The molecule has 1 saturated heterocycles. The summed E-state index contributed by atoms with van der Waals surface area (Å²) in [6, 6.07) is 3.77. The quantitative estimate of drug-likeness (QED) is 0.851. The van der Waals surface area contributed by atoms with Crippen LogP contribution in [0.2, 0.25) is 0 Å². The third-order valence-electron chi connectivity index (χ3n) is 3.81. The van der Waals surface area contributed by atoms with Gasteiger partial charge in [-0.05, 0) is 31.9 Å². The Labute approximate surface area is 128 Å². The van der Waals surface area contributed by atoms with Gasteiger partial charge in [-0.1, -0.05) is 0 Å². The van der Waals surface area contributed by atoms with E-state index in [4.69, 9.17) is 4.74 Å². The number of hydrogen-bond donors (Lipinski definition) is 0. The first kappa shape index (κ1) is 14.5.